The first-order valence-electron chi connectivity index (χ1n) is 8.48. The number of halogens is 1. The molecule has 1 aromatic carbocycles. The molecule has 0 atom stereocenters. The molecule has 1 N–H and O–H groups in total. The second kappa shape index (κ2) is 7.81. The van der Waals surface area contributed by atoms with Crippen molar-refractivity contribution < 1.29 is 4.79 Å². The number of rotatable bonds is 5. The van der Waals surface area contributed by atoms with Gasteiger partial charge in [0.1, 0.15) is 0 Å². The van der Waals surface area contributed by atoms with E-state index in [4.69, 9.17) is 11.6 Å². The number of piperidine rings is 1. The van der Waals surface area contributed by atoms with Crippen molar-refractivity contribution in [2.75, 3.05) is 26.2 Å². The highest BCUT2D eigenvalue weighted by atomic mass is 35.5. The van der Waals surface area contributed by atoms with Crippen molar-refractivity contribution in [2.24, 2.45) is 5.92 Å². The van der Waals surface area contributed by atoms with Crippen LogP contribution in [0.4, 0.5) is 0 Å². The average Bonchev–Trinajstić information content (AvgIpc) is 3.10. The van der Waals surface area contributed by atoms with Gasteiger partial charge >= 0.3 is 0 Å². The van der Waals surface area contributed by atoms with E-state index in [1.54, 1.807) is 17.1 Å². The number of benzene rings is 1. The maximum atomic E-state index is 12.7. The first-order valence-corrected chi connectivity index (χ1v) is 8.85. The van der Waals surface area contributed by atoms with Gasteiger partial charge in [-0.2, -0.15) is 5.10 Å². The van der Waals surface area contributed by atoms with E-state index >= 15 is 0 Å². The third-order valence-corrected chi connectivity index (χ3v) is 4.76. The van der Waals surface area contributed by atoms with Crippen LogP contribution >= 0.6 is 11.6 Å². The van der Waals surface area contributed by atoms with E-state index in [-0.39, 0.29) is 5.91 Å². The van der Waals surface area contributed by atoms with Crippen LogP contribution < -0.4 is 5.32 Å². The van der Waals surface area contributed by atoms with Gasteiger partial charge in [-0.15, -0.1) is 0 Å². The van der Waals surface area contributed by atoms with Gasteiger partial charge in [0.25, 0.3) is 5.91 Å². The van der Waals surface area contributed by atoms with Crippen LogP contribution in [-0.4, -0.2) is 46.8 Å². The number of carbonyl (C=O) groups is 1. The summed E-state index contributed by atoms with van der Waals surface area (Å²) < 4.78 is 1.71. The van der Waals surface area contributed by atoms with E-state index in [1.165, 1.54) is 0 Å². The average molecular weight is 347 g/mol. The van der Waals surface area contributed by atoms with Crippen LogP contribution in [0, 0.1) is 5.92 Å². The molecule has 0 saturated carbocycles. The second-order valence-electron chi connectivity index (χ2n) is 6.19. The third-order valence-electron chi connectivity index (χ3n) is 4.51. The number of likely N-dealkylation sites (tertiary alicyclic amines) is 1. The Kier molecular flexibility index (Phi) is 5.53. The van der Waals surface area contributed by atoms with Crippen LogP contribution in [0.25, 0.3) is 5.69 Å². The molecule has 2 heterocycles. The summed E-state index contributed by atoms with van der Waals surface area (Å²) in [7, 11) is 0. The maximum Gasteiger partial charge on any atom is 0.257 e. The van der Waals surface area contributed by atoms with E-state index in [0.29, 0.717) is 16.5 Å². The molecule has 0 aliphatic carbocycles. The van der Waals surface area contributed by atoms with Gasteiger partial charge in [0.15, 0.2) is 0 Å². The van der Waals surface area contributed by atoms with Crippen molar-refractivity contribution in [3.05, 3.63) is 47.2 Å². The summed E-state index contributed by atoms with van der Waals surface area (Å²) in [6.07, 6.45) is 5.55. The van der Waals surface area contributed by atoms with E-state index in [0.717, 1.165) is 44.7 Å². The summed E-state index contributed by atoms with van der Waals surface area (Å²) in [5.41, 5.74) is 1.53. The Balaban J connectivity index is 1.61. The zero-order valence-corrected chi connectivity index (χ0v) is 14.7. The summed E-state index contributed by atoms with van der Waals surface area (Å²) in [5, 5.41) is 8.38. The molecule has 1 fully saturated rings. The van der Waals surface area contributed by atoms with Crippen LogP contribution in [-0.2, 0) is 0 Å². The highest BCUT2D eigenvalue weighted by Gasteiger charge is 2.24. The molecule has 1 amide bonds. The Labute approximate surface area is 147 Å². The van der Waals surface area contributed by atoms with Gasteiger partial charge in [-0.25, -0.2) is 4.68 Å². The van der Waals surface area contributed by atoms with Crippen molar-refractivity contribution in [1.29, 1.82) is 0 Å². The van der Waals surface area contributed by atoms with Gasteiger partial charge < -0.3 is 10.2 Å². The molecule has 1 aromatic heterocycles. The Morgan fingerprint density at radius 3 is 2.67 bits per heavy atom. The quantitative estimate of drug-likeness (QED) is 0.905. The molecular formula is C18H23ClN4O. The molecule has 2 aromatic rings. The van der Waals surface area contributed by atoms with Crippen LogP contribution in [0.2, 0.25) is 5.02 Å². The molecule has 1 saturated heterocycles. The number of aromatic nitrogens is 2. The van der Waals surface area contributed by atoms with Crippen LogP contribution in [0.15, 0.2) is 36.7 Å². The van der Waals surface area contributed by atoms with Crippen molar-refractivity contribution in [3.63, 3.8) is 0 Å². The molecular weight excluding hydrogens is 324 g/mol. The van der Waals surface area contributed by atoms with Crippen LogP contribution in [0.3, 0.4) is 0 Å². The van der Waals surface area contributed by atoms with E-state index in [1.807, 2.05) is 29.2 Å². The number of amides is 1. The smallest absolute Gasteiger partial charge is 0.257 e. The van der Waals surface area contributed by atoms with Gasteiger partial charge in [0.2, 0.25) is 0 Å². The highest BCUT2D eigenvalue weighted by molar-refractivity contribution is 6.30. The topological polar surface area (TPSA) is 50.2 Å². The summed E-state index contributed by atoms with van der Waals surface area (Å²) in [4.78, 5) is 14.6. The Morgan fingerprint density at radius 1 is 1.29 bits per heavy atom. The van der Waals surface area contributed by atoms with Gasteiger partial charge in [-0.3, -0.25) is 4.79 Å². The van der Waals surface area contributed by atoms with Gasteiger partial charge in [-0.05, 0) is 56.1 Å². The highest BCUT2D eigenvalue weighted by Crippen LogP contribution is 2.19. The number of nitrogens with one attached hydrogen (secondary N) is 1. The Hall–Kier alpha value is -1.85. The molecule has 3 rings (SSSR count). The van der Waals surface area contributed by atoms with Crippen molar-refractivity contribution >= 4 is 17.5 Å². The van der Waals surface area contributed by atoms with Crippen molar-refractivity contribution in [3.8, 4) is 5.69 Å². The predicted molar refractivity (Wildman–Crippen MR) is 95.7 cm³/mol. The number of carbonyl (C=O) groups excluding carboxylic acids is 1. The zero-order valence-electron chi connectivity index (χ0n) is 13.9. The lowest BCUT2D eigenvalue weighted by Crippen LogP contribution is -2.40. The molecule has 0 unspecified atom stereocenters. The molecule has 128 valence electrons. The first-order chi connectivity index (χ1) is 11.7. The summed E-state index contributed by atoms with van der Waals surface area (Å²) >= 11 is 5.90. The first kappa shape index (κ1) is 17.0. The molecule has 1 aliphatic heterocycles. The maximum absolute atomic E-state index is 12.7. The molecule has 1 aliphatic rings. The predicted octanol–water partition coefficient (Wildman–Crippen LogP) is 2.99. The van der Waals surface area contributed by atoms with Crippen LogP contribution in [0.5, 0.6) is 0 Å². The lowest BCUT2D eigenvalue weighted by atomic mass is 9.96. The van der Waals surface area contributed by atoms with Crippen molar-refractivity contribution in [2.45, 2.75) is 19.8 Å². The molecule has 5 nitrogen and oxygen atoms in total. The fourth-order valence-electron chi connectivity index (χ4n) is 3.04. The largest absolute Gasteiger partial charge is 0.339 e. The fraction of sp³-hybridized carbons (Fsp3) is 0.444. The minimum atomic E-state index is 0.0668. The Morgan fingerprint density at radius 2 is 2.00 bits per heavy atom. The van der Waals surface area contributed by atoms with Gasteiger partial charge in [-0.1, -0.05) is 18.5 Å². The number of hydrogen-bond donors (Lipinski definition) is 1. The number of nitrogens with zero attached hydrogens (tertiary/aromatic N) is 3. The zero-order chi connectivity index (χ0) is 16.9. The van der Waals surface area contributed by atoms with Crippen molar-refractivity contribution in [1.82, 2.24) is 20.0 Å². The SMILES string of the molecule is CCNCC1CCN(C(=O)c2cnn(-c3ccc(Cl)cc3)c2)CC1. The fourth-order valence-corrected chi connectivity index (χ4v) is 3.17. The van der Waals surface area contributed by atoms with E-state index in [2.05, 4.69) is 17.3 Å². The molecule has 0 bridgehead atoms. The Bertz CT molecular complexity index is 675. The number of hydrogen-bond acceptors (Lipinski definition) is 3. The van der Waals surface area contributed by atoms with E-state index in [9.17, 15) is 4.79 Å². The summed E-state index contributed by atoms with van der Waals surface area (Å²) in [6.45, 7) is 5.81. The molecule has 0 radical (unpaired) electrons. The van der Waals surface area contributed by atoms with E-state index < -0.39 is 0 Å². The van der Waals surface area contributed by atoms with Crippen LogP contribution in [0.1, 0.15) is 30.1 Å². The molecule has 24 heavy (non-hydrogen) atoms. The van der Waals surface area contributed by atoms with Gasteiger partial charge in [0, 0.05) is 24.3 Å². The summed E-state index contributed by atoms with van der Waals surface area (Å²) in [5.74, 6) is 0.739. The molecule has 6 heteroatoms. The monoisotopic (exact) mass is 346 g/mol. The minimum absolute atomic E-state index is 0.0668. The minimum Gasteiger partial charge on any atom is -0.339 e. The van der Waals surface area contributed by atoms with Gasteiger partial charge in [0.05, 0.1) is 17.4 Å². The lowest BCUT2D eigenvalue weighted by molar-refractivity contribution is 0.0690. The third kappa shape index (κ3) is 3.97. The molecule has 0 spiro atoms. The second-order valence-corrected chi connectivity index (χ2v) is 6.63. The normalized spacial score (nSPS) is 15.7. The standard InChI is InChI=1S/C18H23ClN4O/c1-2-20-11-14-7-9-22(10-8-14)18(24)15-12-21-23(13-15)17-5-3-16(19)4-6-17/h3-6,12-14,20H,2,7-11H2,1H3. The summed E-state index contributed by atoms with van der Waals surface area (Å²) in [6, 6.07) is 7.40. The lowest BCUT2D eigenvalue weighted by Gasteiger charge is -2.31.